The van der Waals surface area contributed by atoms with Crippen molar-refractivity contribution in [2.45, 2.75) is 12.2 Å². The second kappa shape index (κ2) is 4.56. The highest BCUT2D eigenvalue weighted by Gasteiger charge is 2.28. The molecule has 1 aromatic carbocycles. The van der Waals surface area contributed by atoms with Crippen LogP contribution in [0.3, 0.4) is 0 Å². The van der Waals surface area contributed by atoms with Gasteiger partial charge in [-0.25, -0.2) is 0 Å². The Morgan fingerprint density at radius 2 is 2.29 bits per heavy atom. The van der Waals surface area contributed by atoms with Gasteiger partial charge in [-0.3, -0.25) is 10.1 Å². The smallest absolute Gasteiger partial charge is 0.273 e. The number of rotatable bonds is 3. The van der Waals surface area contributed by atoms with E-state index in [1.807, 2.05) is 0 Å². The van der Waals surface area contributed by atoms with Gasteiger partial charge in [0.15, 0.2) is 17.6 Å². The predicted molar refractivity (Wildman–Crippen MR) is 56.1 cm³/mol. The SMILES string of the molecule is O=[N+]([O-])c1ccc2c(c1)OC[C@@H](C(O)CO)O2. The molecule has 2 rings (SSSR count). The molecule has 0 saturated carbocycles. The number of ether oxygens (including phenoxy) is 2. The van der Waals surface area contributed by atoms with Gasteiger partial charge in [0.2, 0.25) is 0 Å². The van der Waals surface area contributed by atoms with E-state index in [0.29, 0.717) is 5.75 Å². The van der Waals surface area contributed by atoms with Crippen molar-refractivity contribution in [2.75, 3.05) is 13.2 Å². The first-order valence-electron chi connectivity index (χ1n) is 4.98. The number of hydrogen-bond acceptors (Lipinski definition) is 6. The quantitative estimate of drug-likeness (QED) is 0.574. The first-order valence-corrected chi connectivity index (χ1v) is 4.98. The average Bonchev–Trinajstić information content (AvgIpc) is 2.36. The molecule has 2 atom stereocenters. The van der Waals surface area contributed by atoms with Gasteiger partial charge in [-0.1, -0.05) is 0 Å². The normalized spacial score (nSPS) is 19.8. The second-order valence-electron chi connectivity index (χ2n) is 3.61. The minimum Gasteiger partial charge on any atom is -0.485 e. The summed E-state index contributed by atoms with van der Waals surface area (Å²) in [5.41, 5.74) is -0.0893. The Balaban J connectivity index is 2.20. The molecule has 1 unspecified atom stereocenters. The molecule has 1 aliphatic heterocycles. The van der Waals surface area contributed by atoms with E-state index in [-0.39, 0.29) is 18.0 Å². The summed E-state index contributed by atoms with van der Waals surface area (Å²) in [6.07, 6.45) is -1.72. The summed E-state index contributed by atoms with van der Waals surface area (Å²) in [6.45, 7) is -0.397. The molecule has 0 radical (unpaired) electrons. The number of nitro benzene ring substituents is 1. The zero-order chi connectivity index (χ0) is 12.4. The Labute approximate surface area is 96.4 Å². The molecule has 1 aliphatic rings. The second-order valence-corrected chi connectivity index (χ2v) is 3.61. The van der Waals surface area contributed by atoms with Crippen molar-refractivity contribution in [3.8, 4) is 11.5 Å². The zero-order valence-electron chi connectivity index (χ0n) is 8.78. The van der Waals surface area contributed by atoms with Crippen LogP contribution in [0.4, 0.5) is 5.69 Å². The van der Waals surface area contributed by atoms with Crippen LogP contribution in [-0.4, -0.2) is 40.6 Å². The van der Waals surface area contributed by atoms with Gasteiger partial charge in [0, 0.05) is 6.07 Å². The molecular weight excluding hydrogens is 230 g/mol. The van der Waals surface area contributed by atoms with Crippen molar-refractivity contribution in [1.82, 2.24) is 0 Å². The molecule has 0 spiro atoms. The summed E-state index contributed by atoms with van der Waals surface area (Å²) in [4.78, 5) is 10.0. The largest absolute Gasteiger partial charge is 0.485 e. The van der Waals surface area contributed by atoms with E-state index in [2.05, 4.69) is 0 Å². The summed E-state index contributed by atoms with van der Waals surface area (Å²) < 4.78 is 10.6. The van der Waals surface area contributed by atoms with Crippen LogP contribution >= 0.6 is 0 Å². The lowest BCUT2D eigenvalue weighted by atomic mass is 10.2. The molecule has 1 heterocycles. The summed E-state index contributed by atoms with van der Waals surface area (Å²) in [5, 5.41) is 28.7. The Morgan fingerprint density at radius 1 is 1.53 bits per heavy atom. The number of aliphatic hydroxyl groups excluding tert-OH is 2. The van der Waals surface area contributed by atoms with Gasteiger partial charge < -0.3 is 19.7 Å². The lowest BCUT2D eigenvalue weighted by molar-refractivity contribution is -0.385. The molecule has 92 valence electrons. The summed E-state index contributed by atoms with van der Waals surface area (Å²) in [7, 11) is 0. The Hall–Kier alpha value is -1.86. The minimum atomic E-state index is -1.04. The van der Waals surface area contributed by atoms with Gasteiger partial charge >= 0.3 is 0 Å². The van der Waals surface area contributed by atoms with Gasteiger partial charge in [0.1, 0.15) is 12.7 Å². The molecule has 0 saturated heterocycles. The van der Waals surface area contributed by atoms with Gasteiger partial charge in [-0.2, -0.15) is 0 Å². The summed E-state index contributed by atoms with van der Waals surface area (Å²) >= 11 is 0. The third kappa shape index (κ3) is 2.29. The van der Waals surface area contributed by atoms with Crippen molar-refractivity contribution in [1.29, 1.82) is 0 Å². The van der Waals surface area contributed by atoms with Crippen molar-refractivity contribution in [2.24, 2.45) is 0 Å². The molecule has 7 nitrogen and oxygen atoms in total. The topological polar surface area (TPSA) is 102 Å². The van der Waals surface area contributed by atoms with E-state index in [9.17, 15) is 15.2 Å². The fraction of sp³-hybridized carbons (Fsp3) is 0.400. The molecular formula is C10H11NO6. The predicted octanol–water partition coefficient (Wildman–Crippen LogP) is 0.0878. The molecule has 2 N–H and O–H groups in total. The summed E-state index contributed by atoms with van der Waals surface area (Å²) in [5.74, 6) is 0.583. The number of non-ortho nitro benzene ring substituents is 1. The molecule has 0 aromatic heterocycles. The number of benzene rings is 1. The van der Waals surface area contributed by atoms with Crippen LogP contribution in [0.5, 0.6) is 11.5 Å². The number of nitro groups is 1. The van der Waals surface area contributed by atoms with Crippen molar-refractivity contribution in [3.63, 3.8) is 0 Å². The monoisotopic (exact) mass is 241 g/mol. The molecule has 0 amide bonds. The number of fused-ring (bicyclic) bond motifs is 1. The first kappa shape index (κ1) is 11.6. The van der Waals surface area contributed by atoms with E-state index in [4.69, 9.17) is 14.6 Å². The highest BCUT2D eigenvalue weighted by molar-refractivity contribution is 5.49. The van der Waals surface area contributed by atoms with Crippen LogP contribution in [0, 0.1) is 10.1 Å². The van der Waals surface area contributed by atoms with Crippen LogP contribution in [0.15, 0.2) is 18.2 Å². The first-order chi connectivity index (χ1) is 8.11. The third-order valence-electron chi connectivity index (χ3n) is 2.44. The van der Waals surface area contributed by atoms with E-state index in [1.54, 1.807) is 0 Å². The maximum atomic E-state index is 10.5. The maximum Gasteiger partial charge on any atom is 0.273 e. The lowest BCUT2D eigenvalue weighted by Crippen LogP contribution is -2.41. The van der Waals surface area contributed by atoms with Crippen LogP contribution in [0.25, 0.3) is 0 Å². The van der Waals surface area contributed by atoms with E-state index in [1.165, 1.54) is 18.2 Å². The lowest BCUT2D eigenvalue weighted by Gasteiger charge is -2.28. The Morgan fingerprint density at radius 3 is 2.94 bits per heavy atom. The number of hydrogen-bond donors (Lipinski definition) is 2. The number of aliphatic hydroxyl groups is 2. The van der Waals surface area contributed by atoms with Gasteiger partial charge in [0.05, 0.1) is 17.6 Å². The van der Waals surface area contributed by atoms with E-state index < -0.39 is 23.7 Å². The third-order valence-corrected chi connectivity index (χ3v) is 2.44. The van der Waals surface area contributed by atoms with Crippen molar-refractivity contribution >= 4 is 5.69 Å². The van der Waals surface area contributed by atoms with E-state index in [0.717, 1.165) is 0 Å². The van der Waals surface area contributed by atoms with Crippen LogP contribution in [0.2, 0.25) is 0 Å². The average molecular weight is 241 g/mol. The van der Waals surface area contributed by atoms with Gasteiger partial charge in [0.25, 0.3) is 5.69 Å². The highest BCUT2D eigenvalue weighted by Crippen LogP contribution is 2.35. The van der Waals surface area contributed by atoms with Crippen molar-refractivity contribution in [3.05, 3.63) is 28.3 Å². The molecule has 17 heavy (non-hydrogen) atoms. The molecule has 0 bridgehead atoms. The fourth-order valence-electron chi connectivity index (χ4n) is 1.50. The zero-order valence-corrected chi connectivity index (χ0v) is 8.78. The summed E-state index contributed by atoms with van der Waals surface area (Å²) in [6, 6.07) is 3.95. The fourth-order valence-corrected chi connectivity index (χ4v) is 1.50. The molecule has 7 heteroatoms. The minimum absolute atomic E-state index is 0.0376. The molecule has 1 aromatic rings. The molecule has 0 fully saturated rings. The Kier molecular flexibility index (Phi) is 3.12. The van der Waals surface area contributed by atoms with Crippen LogP contribution in [-0.2, 0) is 0 Å². The van der Waals surface area contributed by atoms with Gasteiger partial charge in [-0.15, -0.1) is 0 Å². The standard InChI is InChI=1S/C10H11NO6/c12-4-7(13)10-5-16-9-3-6(11(14)15)1-2-8(9)17-10/h1-3,7,10,12-13H,4-5H2/t7?,10-/m0/s1. The Bertz CT molecular complexity index is 435. The molecule has 0 aliphatic carbocycles. The van der Waals surface area contributed by atoms with E-state index >= 15 is 0 Å². The van der Waals surface area contributed by atoms with Crippen molar-refractivity contribution < 1.29 is 24.6 Å². The highest BCUT2D eigenvalue weighted by atomic mass is 16.6. The van der Waals surface area contributed by atoms with Crippen LogP contribution < -0.4 is 9.47 Å². The number of nitrogens with zero attached hydrogens (tertiary/aromatic N) is 1. The van der Waals surface area contributed by atoms with Gasteiger partial charge in [-0.05, 0) is 6.07 Å². The maximum absolute atomic E-state index is 10.5. The van der Waals surface area contributed by atoms with Crippen LogP contribution in [0.1, 0.15) is 0 Å².